The molecule has 1 aromatic carbocycles. The number of rotatable bonds is 2. The zero-order chi connectivity index (χ0) is 15.3. The number of carbonyl (C=O) groups excluding carboxylic acids is 2. The molecule has 0 amide bonds. The van der Waals surface area contributed by atoms with Crippen LogP contribution in [0, 0.1) is 11.3 Å². The molecule has 1 unspecified atom stereocenters. The van der Waals surface area contributed by atoms with E-state index in [4.69, 9.17) is 0 Å². The third kappa shape index (κ3) is 1.93. The number of allylic oxidation sites excluding steroid dienone is 2. The maximum absolute atomic E-state index is 13.1. The van der Waals surface area contributed by atoms with Crippen molar-refractivity contribution in [3.8, 4) is 0 Å². The average Bonchev–Trinajstić information content (AvgIpc) is 3.29. The van der Waals surface area contributed by atoms with E-state index < -0.39 is 0 Å². The van der Waals surface area contributed by atoms with Gasteiger partial charge in [0.05, 0.1) is 0 Å². The summed E-state index contributed by atoms with van der Waals surface area (Å²) in [6, 6.07) is 7.67. The lowest BCUT2D eigenvalue weighted by Gasteiger charge is -2.18. The van der Waals surface area contributed by atoms with E-state index in [0.717, 1.165) is 36.0 Å². The van der Waals surface area contributed by atoms with E-state index in [2.05, 4.69) is 0 Å². The van der Waals surface area contributed by atoms with Crippen LogP contribution in [0.3, 0.4) is 0 Å². The standard InChI is InChI=1S/C20H22O2/c1-13(21)14-7-9-15(10-8-14)18-16-5-3-2-4-6-17(16)20(11-12-20)19(18)22/h7-10,17H,2-6,11-12H2,1H3. The Kier molecular flexibility index (Phi) is 3.11. The first-order valence-electron chi connectivity index (χ1n) is 8.53. The first-order chi connectivity index (χ1) is 10.6. The molecule has 0 aromatic heterocycles. The van der Waals surface area contributed by atoms with E-state index in [1.807, 2.05) is 24.3 Å². The minimum Gasteiger partial charge on any atom is -0.295 e. The molecule has 0 heterocycles. The molecule has 1 atom stereocenters. The van der Waals surface area contributed by atoms with Crippen molar-refractivity contribution in [1.82, 2.24) is 0 Å². The minimum absolute atomic E-state index is 0.0335. The largest absolute Gasteiger partial charge is 0.295 e. The molecule has 4 rings (SSSR count). The summed E-state index contributed by atoms with van der Waals surface area (Å²) in [5.41, 5.74) is 4.14. The van der Waals surface area contributed by atoms with Crippen LogP contribution in [0.5, 0.6) is 0 Å². The molecule has 0 bridgehead atoms. The van der Waals surface area contributed by atoms with Gasteiger partial charge in [0, 0.05) is 16.6 Å². The van der Waals surface area contributed by atoms with Crippen molar-refractivity contribution in [2.75, 3.05) is 0 Å². The normalized spacial score (nSPS) is 26.0. The number of hydrogen-bond acceptors (Lipinski definition) is 2. The number of hydrogen-bond donors (Lipinski definition) is 0. The first kappa shape index (κ1) is 13.9. The van der Waals surface area contributed by atoms with Gasteiger partial charge in [0.2, 0.25) is 0 Å². The zero-order valence-corrected chi connectivity index (χ0v) is 13.2. The van der Waals surface area contributed by atoms with Crippen molar-refractivity contribution in [3.63, 3.8) is 0 Å². The summed E-state index contributed by atoms with van der Waals surface area (Å²) in [6.45, 7) is 1.58. The number of ketones is 2. The molecule has 0 saturated heterocycles. The summed E-state index contributed by atoms with van der Waals surface area (Å²) in [7, 11) is 0. The van der Waals surface area contributed by atoms with Gasteiger partial charge < -0.3 is 0 Å². The fraction of sp³-hybridized carbons (Fsp3) is 0.500. The van der Waals surface area contributed by atoms with E-state index in [0.29, 0.717) is 11.7 Å². The quantitative estimate of drug-likeness (QED) is 0.748. The van der Waals surface area contributed by atoms with Crippen molar-refractivity contribution in [2.24, 2.45) is 11.3 Å². The Morgan fingerprint density at radius 3 is 2.45 bits per heavy atom. The topological polar surface area (TPSA) is 34.1 Å². The predicted molar refractivity (Wildman–Crippen MR) is 86.6 cm³/mol. The molecule has 1 spiro atoms. The summed E-state index contributed by atoms with van der Waals surface area (Å²) in [6.07, 6.45) is 8.20. The van der Waals surface area contributed by atoms with Crippen LogP contribution in [0.2, 0.25) is 0 Å². The Labute approximate surface area is 131 Å². The predicted octanol–water partition coefficient (Wildman–Crippen LogP) is 4.59. The molecule has 2 nitrogen and oxygen atoms in total. The summed E-state index contributed by atoms with van der Waals surface area (Å²) in [4.78, 5) is 24.5. The average molecular weight is 294 g/mol. The van der Waals surface area contributed by atoms with Gasteiger partial charge in [-0.1, -0.05) is 42.7 Å². The maximum atomic E-state index is 13.1. The molecule has 3 aliphatic carbocycles. The molecule has 0 radical (unpaired) electrons. The SMILES string of the molecule is CC(=O)c1ccc(C2=C3CCCCCC3C3(CC3)C2=O)cc1. The van der Waals surface area contributed by atoms with Gasteiger partial charge in [-0.25, -0.2) is 0 Å². The molecule has 2 fully saturated rings. The van der Waals surface area contributed by atoms with Crippen LogP contribution in [-0.4, -0.2) is 11.6 Å². The van der Waals surface area contributed by atoms with Gasteiger partial charge in [0.1, 0.15) is 0 Å². The van der Waals surface area contributed by atoms with Gasteiger partial charge in [0.15, 0.2) is 11.6 Å². The second-order valence-corrected chi connectivity index (χ2v) is 7.17. The van der Waals surface area contributed by atoms with E-state index in [1.54, 1.807) is 6.92 Å². The van der Waals surface area contributed by atoms with E-state index >= 15 is 0 Å². The molecule has 1 aromatic rings. The number of benzene rings is 1. The second kappa shape index (κ2) is 4.91. The highest BCUT2D eigenvalue weighted by atomic mass is 16.1. The van der Waals surface area contributed by atoms with Crippen molar-refractivity contribution in [2.45, 2.75) is 51.9 Å². The van der Waals surface area contributed by atoms with Crippen LogP contribution in [0.15, 0.2) is 29.8 Å². The van der Waals surface area contributed by atoms with Gasteiger partial charge in [-0.15, -0.1) is 0 Å². The van der Waals surface area contributed by atoms with Crippen molar-refractivity contribution in [3.05, 3.63) is 41.0 Å². The number of Topliss-reactive ketones (excluding diaryl/α,β-unsaturated/α-hetero) is 2. The lowest BCUT2D eigenvalue weighted by atomic mass is 9.84. The van der Waals surface area contributed by atoms with Crippen LogP contribution < -0.4 is 0 Å². The summed E-state index contributed by atoms with van der Waals surface area (Å²) in [5, 5.41) is 0. The Balaban J connectivity index is 1.79. The Hall–Kier alpha value is -1.70. The highest BCUT2D eigenvalue weighted by Crippen LogP contribution is 2.65. The van der Waals surface area contributed by atoms with Gasteiger partial charge in [-0.2, -0.15) is 0 Å². The Bertz CT molecular complexity index is 674. The number of fused-ring (bicyclic) bond motifs is 2. The molecule has 2 saturated carbocycles. The van der Waals surface area contributed by atoms with Gasteiger partial charge in [0.25, 0.3) is 0 Å². The summed E-state index contributed by atoms with van der Waals surface area (Å²) >= 11 is 0. The van der Waals surface area contributed by atoms with Crippen molar-refractivity contribution < 1.29 is 9.59 Å². The molecular weight excluding hydrogens is 272 g/mol. The van der Waals surface area contributed by atoms with Gasteiger partial charge in [-0.3, -0.25) is 9.59 Å². The van der Waals surface area contributed by atoms with Gasteiger partial charge in [-0.05, 0) is 50.5 Å². The molecule has 0 N–H and O–H groups in total. The highest BCUT2D eigenvalue weighted by Gasteiger charge is 2.61. The lowest BCUT2D eigenvalue weighted by molar-refractivity contribution is -0.118. The molecule has 0 aliphatic heterocycles. The molecule has 2 heteroatoms. The Morgan fingerprint density at radius 1 is 1.09 bits per heavy atom. The van der Waals surface area contributed by atoms with Crippen LogP contribution in [0.4, 0.5) is 0 Å². The maximum Gasteiger partial charge on any atom is 0.170 e. The van der Waals surface area contributed by atoms with E-state index in [-0.39, 0.29) is 11.2 Å². The lowest BCUT2D eigenvalue weighted by Crippen LogP contribution is -2.19. The zero-order valence-electron chi connectivity index (χ0n) is 13.2. The van der Waals surface area contributed by atoms with Crippen LogP contribution in [0.25, 0.3) is 5.57 Å². The fourth-order valence-corrected chi connectivity index (χ4v) is 4.55. The smallest absolute Gasteiger partial charge is 0.170 e. The summed E-state index contributed by atoms with van der Waals surface area (Å²) < 4.78 is 0. The monoisotopic (exact) mass is 294 g/mol. The van der Waals surface area contributed by atoms with Crippen LogP contribution in [-0.2, 0) is 4.79 Å². The molecule has 3 aliphatic rings. The molecule has 114 valence electrons. The van der Waals surface area contributed by atoms with E-state index in [9.17, 15) is 9.59 Å². The second-order valence-electron chi connectivity index (χ2n) is 7.17. The van der Waals surface area contributed by atoms with E-state index in [1.165, 1.54) is 31.3 Å². The van der Waals surface area contributed by atoms with Crippen LogP contribution >= 0.6 is 0 Å². The number of carbonyl (C=O) groups is 2. The Morgan fingerprint density at radius 2 is 1.82 bits per heavy atom. The van der Waals surface area contributed by atoms with Gasteiger partial charge >= 0.3 is 0 Å². The third-order valence-corrected chi connectivity index (χ3v) is 5.90. The fourth-order valence-electron chi connectivity index (χ4n) is 4.55. The third-order valence-electron chi connectivity index (χ3n) is 5.90. The van der Waals surface area contributed by atoms with Crippen molar-refractivity contribution in [1.29, 1.82) is 0 Å². The first-order valence-corrected chi connectivity index (χ1v) is 8.53. The van der Waals surface area contributed by atoms with Crippen LogP contribution in [0.1, 0.15) is 67.8 Å². The molecular formula is C20H22O2. The molecule has 22 heavy (non-hydrogen) atoms. The summed E-state index contributed by atoms with van der Waals surface area (Å²) in [5.74, 6) is 0.975. The van der Waals surface area contributed by atoms with Crippen molar-refractivity contribution >= 4 is 17.1 Å². The highest BCUT2D eigenvalue weighted by molar-refractivity contribution is 6.28. The minimum atomic E-state index is -0.0335.